The Kier molecular flexibility index (Phi) is 7.71. The van der Waals surface area contributed by atoms with Gasteiger partial charge in [-0.2, -0.15) is 0 Å². The molecule has 0 aromatic heterocycles. The Labute approximate surface area is 168 Å². The van der Waals surface area contributed by atoms with Gasteiger partial charge in [-0.1, -0.05) is 30.3 Å². The summed E-state index contributed by atoms with van der Waals surface area (Å²) < 4.78 is 10.3. The number of nitrogens with one attached hydrogen (secondary N) is 3. The third-order valence-corrected chi connectivity index (χ3v) is 4.00. The van der Waals surface area contributed by atoms with Crippen LogP contribution in [0.2, 0.25) is 5.02 Å². The molecule has 7 nitrogen and oxygen atoms in total. The number of methoxy groups -OCH3 is 2. The van der Waals surface area contributed by atoms with E-state index in [0.29, 0.717) is 34.3 Å². The van der Waals surface area contributed by atoms with E-state index >= 15 is 0 Å². The van der Waals surface area contributed by atoms with Gasteiger partial charge in [0.1, 0.15) is 11.5 Å². The van der Waals surface area contributed by atoms with Crippen molar-refractivity contribution in [3.63, 3.8) is 0 Å². The van der Waals surface area contributed by atoms with Gasteiger partial charge in [-0.05, 0) is 29.8 Å². The van der Waals surface area contributed by atoms with E-state index in [-0.39, 0.29) is 12.3 Å². The smallest absolute Gasteiger partial charge is 0.269 e. The van der Waals surface area contributed by atoms with Crippen molar-refractivity contribution in [2.45, 2.75) is 13.0 Å². The van der Waals surface area contributed by atoms with Crippen LogP contribution >= 0.6 is 11.6 Å². The molecule has 2 rings (SSSR count). The first-order valence-electron chi connectivity index (χ1n) is 8.39. The number of hydrazine groups is 1. The summed E-state index contributed by atoms with van der Waals surface area (Å²) in [7, 11) is 3.00. The topological polar surface area (TPSA) is 88.7 Å². The highest BCUT2D eigenvalue weighted by Gasteiger charge is 2.11. The average Bonchev–Trinajstić information content (AvgIpc) is 2.71. The summed E-state index contributed by atoms with van der Waals surface area (Å²) in [6.07, 6.45) is 0.00923. The number of benzene rings is 2. The van der Waals surface area contributed by atoms with Crippen molar-refractivity contribution in [1.29, 1.82) is 0 Å². The second-order valence-electron chi connectivity index (χ2n) is 5.86. The molecular weight excluding hydrogens is 382 g/mol. The van der Waals surface area contributed by atoms with Gasteiger partial charge in [0.05, 0.1) is 20.6 Å². The molecule has 0 radical (unpaired) electrons. The largest absolute Gasteiger partial charge is 0.497 e. The number of halogens is 1. The maximum Gasteiger partial charge on any atom is 0.269 e. The third-order valence-electron chi connectivity index (χ3n) is 3.74. The number of ether oxygens (including phenoxy) is 2. The number of carbonyl (C=O) groups excluding carboxylic acids is 2. The molecule has 0 aliphatic heterocycles. The van der Waals surface area contributed by atoms with Crippen molar-refractivity contribution in [1.82, 2.24) is 16.2 Å². The molecule has 2 amide bonds. The number of hydrogen-bond donors (Lipinski definition) is 3. The zero-order chi connectivity index (χ0) is 20.5. The molecule has 0 bridgehead atoms. The van der Waals surface area contributed by atoms with E-state index < -0.39 is 5.91 Å². The maximum atomic E-state index is 12.3. The van der Waals surface area contributed by atoms with Gasteiger partial charge in [0.2, 0.25) is 5.91 Å². The first kappa shape index (κ1) is 21.1. The summed E-state index contributed by atoms with van der Waals surface area (Å²) in [4.78, 5) is 24.3. The zero-order valence-corrected chi connectivity index (χ0v) is 16.4. The van der Waals surface area contributed by atoms with E-state index in [1.54, 1.807) is 30.3 Å². The fourth-order valence-electron chi connectivity index (χ4n) is 2.26. The fraction of sp³-hybridized carbons (Fsp3) is 0.200. The van der Waals surface area contributed by atoms with E-state index in [1.165, 1.54) is 14.2 Å². The Morgan fingerprint density at radius 3 is 2.18 bits per heavy atom. The molecule has 0 aliphatic rings. The average molecular weight is 404 g/mol. The zero-order valence-electron chi connectivity index (χ0n) is 15.7. The molecule has 2 aromatic carbocycles. The molecular formula is C20H22ClN3O4. The lowest BCUT2D eigenvalue weighted by Crippen LogP contribution is -2.38. The quantitative estimate of drug-likeness (QED) is 0.560. The molecule has 2 aromatic rings. The van der Waals surface area contributed by atoms with Gasteiger partial charge in [0.15, 0.2) is 0 Å². The number of rotatable bonds is 9. The lowest BCUT2D eigenvalue weighted by Gasteiger charge is -2.13. The van der Waals surface area contributed by atoms with Crippen molar-refractivity contribution in [2.75, 3.05) is 14.2 Å². The molecule has 148 valence electrons. The number of carbonyl (C=O) groups is 2. The maximum absolute atomic E-state index is 12.3. The van der Waals surface area contributed by atoms with Gasteiger partial charge >= 0.3 is 0 Å². The second-order valence-corrected chi connectivity index (χ2v) is 6.30. The van der Waals surface area contributed by atoms with Crippen molar-refractivity contribution in [3.8, 4) is 11.5 Å². The summed E-state index contributed by atoms with van der Waals surface area (Å²) >= 11 is 5.83. The normalized spacial score (nSPS) is 9.96. The van der Waals surface area contributed by atoms with Crippen LogP contribution in [0.5, 0.6) is 11.5 Å². The van der Waals surface area contributed by atoms with Gasteiger partial charge in [0.25, 0.3) is 5.91 Å². The Morgan fingerprint density at radius 2 is 1.61 bits per heavy atom. The Balaban J connectivity index is 1.80. The van der Waals surface area contributed by atoms with Crippen LogP contribution in [0.15, 0.2) is 54.7 Å². The molecule has 0 aliphatic carbocycles. The molecule has 0 unspecified atom stereocenters. The third kappa shape index (κ3) is 6.51. The van der Waals surface area contributed by atoms with Gasteiger partial charge in [-0.15, -0.1) is 0 Å². The monoisotopic (exact) mass is 403 g/mol. The van der Waals surface area contributed by atoms with Crippen LogP contribution in [0.4, 0.5) is 0 Å². The standard InChI is InChI=1S/C20H22ClN3O4/c1-13(8-19(25)22-12-14-4-6-16(21)7-5-14)23-24-20(26)15-9-17(27-2)11-18(10-15)28-3/h4-7,9-11,23H,1,8,12H2,2-3H3,(H,22,25)(H,24,26). The van der Waals surface area contributed by atoms with Crippen LogP contribution in [-0.2, 0) is 11.3 Å². The van der Waals surface area contributed by atoms with Crippen molar-refractivity contribution >= 4 is 23.4 Å². The Bertz CT molecular complexity index is 831. The van der Waals surface area contributed by atoms with E-state index in [1.807, 2.05) is 12.1 Å². The predicted octanol–water partition coefficient (Wildman–Crippen LogP) is 2.81. The van der Waals surface area contributed by atoms with Crippen LogP contribution in [0.25, 0.3) is 0 Å². The lowest BCUT2D eigenvalue weighted by molar-refractivity contribution is -0.120. The number of amides is 2. The van der Waals surface area contributed by atoms with Crippen molar-refractivity contribution in [3.05, 3.63) is 70.9 Å². The van der Waals surface area contributed by atoms with Gasteiger partial charge in [0, 0.05) is 28.9 Å². The highest BCUT2D eigenvalue weighted by Crippen LogP contribution is 2.22. The van der Waals surface area contributed by atoms with Gasteiger partial charge < -0.3 is 20.2 Å². The first-order chi connectivity index (χ1) is 13.4. The highest BCUT2D eigenvalue weighted by atomic mass is 35.5. The fourth-order valence-corrected chi connectivity index (χ4v) is 2.39. The summed E-state index contributed by atoms with van der Waals surface area (Å²) in [5, 5.41) is 3.41. The minimum Gasteiger partial charge on any atom is -0.497 e. The minimum absolute atomic E-state index is 0.00923. The molecule has 0 saturated heterocycles. The summed E-state index contributed by atoms with van der Waals surface area (Å²) in [6.45, 7) is 4.12. The van der Waals surface area contributed by atoms with E-state index in [4.69, 9.17) is 21.1 Å². The van der Waals surface area contributed by atoms with Crippen molar-refractivity contribution < 1.29 is 19.1 Å². The lowest BCUT2D eigenvalue weighted by atomic mass is 10.2. The molecule has 0 saturated carbocycles. The summed E-state index contributed by atoms with van der Waals surface area (Å²) in [5.41, 5.74) is 6.74. The van der Waals surface area contributed by atoms with Crippen LogP contribution in [0.3, 0.4) is 0 Å². The van der Waals surface area contributed by atoms with Crippen molar-refractivity contribution in [2.24, 2.45) is 0 Å². The summed E-state index contributed by atoms with van der Waals surface area (Å²) in [6, 6.07) is 12.0. The highest BCUT2D eigenvalue weighted by molar-refractivity contribution is 6.30. The number of hydrogen-bond acceptors (Lipinski definition) is 5. The van der Waals surface area contributed by atoms with Crippen LogP contribution in [0, 0.1) is 0 Å². The summed E-state index contributed by atoms with van der Waals surface area (Å²) in [5.74, 6) is 0.333. The molecule has 0 spiro atoms. The minimum atomic E-state index is -0.417. The van der Waals surface area contributed by atoms with Gasteiger partial charge in [-0.25, -0.2) is 0 Å². The second kappa shape index (κ2) is 10.2. The molecule has 8 heteroatoms. The molecule has 28 heavy (non-hydrogen) atoms. The van der Waals surface area contributed by atoms with Gasteiger partial charge in [-0.3, -0.25) is 15.0 Å². The van der Waals surface area contributed by atoms with Crippen LogP contribution < -0.4 is 25.6 Å². The van der Waals surface area contributed by atoms with E-state index in [2.05, 4.69) is 22.7 Å². The predicted molar refractivity (Wildman–Crippen MR) is 107 cm³/mol. The first-order valence-corrected chi connectivity index (χ1v) is 8.77. The van der Waals surface area contributed by atoms with E-state index in [0.717, 1.165) is 5.56 Å². The SMILES string of the molecule is C=C(CC(=O)NCc1ccc(Cl)cc1)NNC(=O)c1cc(OC)cc(OC)c1. The molecule has 0 atom stereocenters. The molecule has 3 N–H and O–H groups in total. The molecule has 0 fully saturated rings. The Morgan fingerprint density at radius 1 is 1.00 bits per heavy atom. The van der Waals surface area contributed by atoms with Crippen LogP contribution in [0.1, 0.15) is 22.3 Å². The molecule has 0 heterocycles. The van der Waals surface area contributed by atoms with Crippen LogP contribution in [-0.4, -0.2) is 26.0 Å². The van der Waals surface area contributed by atoms with E-state index in [9.17, 15) is 9.59 Å². The Hall–Kier alpha value is -3.19.